The number of hydrogen-bond acceptors (Lipinski definition) is 4. The van der Waals surface area contributed by atoms with Crippen molar-refractivity contribution < 1.29 is 4.52 Å². The molecule has 0 saturated carbocycles. The Morgan fingerprint density at radius 3 is 2.62 bits per heavy atom. The third-order valence-corrected chi connectivity index (χ3v) is 2.41. The average Bonchev–Trinajstić information content (AvgIpc) is 2.64. The van der Waals surface area contributed by atoms with Crippen LogP contribution in [0.1, 0.15) is 45.8 Å². The minimum atomic E-state index is 0.665. The molecule has 0 atom stereocenters. The highest BCUT2D eigenvalue weighted by molar-refractivity contribution is 4.86. The van der Waals surface area contributed by atoms with Crippen molar-refractivity contribution in [2.75, 3.05) is 13.1 Å². The van der Waals surface area contributed by atoms with Gasteiger partial charge in [0.05, 0.1) is 6.54 Å². The second kappa shape index (κ2) is 6.63. The molecule has 1 rings (SSSR count). The molecule has 0 spiro atoms. The molecule has 0 bridgehead atoms. The van der Waals surface area contributed by atoms with Gasteiger partial charge in [-0.1, -0.05) is 32.9 Å². The van der Waals surface area contributed by atoms with Gasteiger partial charge in [-0.2, -0.15) is 4.98 Å². The van der Waals surface area contributed by atoms with E-state index in [9.17, 15) is 0 Å². The van der Waals surface area contributed by atoms with Crippen LogP contribution in [0.5, 0.6) is 0 Å². The standard InChI is InChI=1S/C12H23N3O/c1-5-7-11-13-12(16-14-11)9-15(6-2)8-10(3)4/h10H,5-9H2,1-4H3. The number of hydrogen-bond donors (Lipinski definition) is 0. The van der Waals surface area contributed by atoms with E-state index in [1.807, 2.05) is 0 Å². The number of rotatable bonds is 7. The topological polar surface area (TPSA) is 42.2 Å². The summed E-state index contributed by atoms with van der Waals surface area (Å²) in [4.78, 5) is 6.70. The normalized spacial score (nSPS) is 11.6. The maximum Gasteiger partial charge on any atom is 0.240 e. The van der Waals surface area contributed by atoms with Crippen molar-refractivity contribution >= 4 is 0 Å². The maximum atomic E-state index is 5.23. The van der Waals surface area contributed by atoms with E-state index in [4.69, 9.17) is 4.52 Å². The third-order valence-electron chi connectivity index (χ3n) is 2.41. The average molecular weight is 225 g/mol. The lowest BCUT2D eigenvalue weighted by Crippen LogP contribution is -2.27. The second-order valence-electron chi connectivity index (χ2n) is 4.58. The molecule has 92 valence electrons. The van der Waals surface area contributed by atoms with E-state index in [1.165, 1.54) is 0 Å². The van der Waals surface area contributed by atoms with Gasteiger partial charge in [0.15, 0.2) is 5.82 Å². The van der Waals surface area contributed by atoms with Crippen molar-refractivity contribution in [2.24, 2.45) is 5.92 Å². The van der Waals surface area contributed by atoms with Gasteiger partial charge in [0.25, 0.3) is 0 Å². The minimum absolute atomic E-state index is 0.665. The zero-order valence-corrected chi connectivity index (χ0v) is 10.9. The first-order valence-corrected chi connectivity index (χ1v) is 6.19. The van der Waals surface area contributed by atoms with E-state index < -0.39 is 0 Å². The molecule has 4 nitrogen and oxygen atoms in total. The first kappa shape index (κ1) is 13.2. The summed E-state index contributed by atoms with van der Waals surface area (Å²) in [6.07, 6.45) is 1.96. The zero-order chi connectivity index (χ0) is 12.0. The molecule has 0 radical (unpaired) electrons. The number of nitrogens with zero attached hydrogens (tertiary/aromatic N) is 3. The van der Waals surface area contributed by atoms with Crippen molar-refractivity contribution in [1.82, 2.24) is 15.0 Å². The van der Waals surface area contributed by atoms with Gasteiger partial charge < -0.3 is 4.52 Å². The van der Waals surface area contributed by atoms with Crippen molar-refractivity contribution in [3.63, 3.8) is 0 Å². The van der Waals surface area contributed by atoms with Gasteiger partial charge in [-0.05, 0) is 18.9 Å². The first-order chi connectivity index (χ1) is 7.65. The molecule has 0 aliphatic rings. The van der Waals surface area contributed by atoms with Gasteiger partial charge >= 0.3 is 0 Å². The quantitative estimate of drug-likeness (QED) is 0.715. The van der Waals surface area contributed by atoms with Gasteiger partial charge in [-0.15, -0.1) is 0 Å². The summed E-state index contributed by atoms with van der Waals surface area (Å²) in [5, 5.41) is 3.96. The molecular formula is C12H23N3O. The van der Waals surface area contributed by atoms with Gasteiger partial charge in [0, 0.05) is 13.0 Å². The molecule has 0 amide bonds. The lowest BCUT2D eigenvalue weighted by Gasteiger charge is -2.20. The molecular weight excluding hydrogens is 202 g/mol. The largest absolute Gasteiger partial charge is 0.338 e. The van der Waals surface area contributed by atoms with Crippen LogP contribution in [-0.2, 0) is 13.0 Å². The summed E-state index contributed by atoms with van der Waals surface area (Å²) in [6.45, 7) is 11.6. The van der Waals surface area contributed by atoms with Crippen LogP contribution in [0.25, 0.3) is 0 Å². The summed E-state index contributed by atoms with van der Waals surface area (Å²) in [6, 6.07) is 0. The van der Waals surface area contributed by atoms with Gasteiger partial charge in [-0.3, -0.25) is 4.90 Å². The van der Waals surface area contributed by atoms with Crippen LogP contribution in [0, 0.1) is 5.92 Å². The van der Waals surface area contributed by atoms with Crippen molar-refractivity contribution in [3.05, 3.63) is 11.7 Å². The summed E-state index contributed by atoms with van der Waals surface area (Å²) in [5.74, 6) is 2.24. The Kier molecular flexibility index (Phi) is 5.46. The SMILES string of the molecule is CCCc1noc(CN(CC)CC(C)C)n1. The summed E-state index contributed by atoms with van der Waals surface area (Å²) in [7, 11) is 0. The molecule has 0 aliphatic carbocycles. The van der Waals surface area contributed by atoms with Crippen LogP contribution in [0.3, 0.4) is 0 Å². The molecule has 0 aromatic carbocycles. The highest BCUT2D eigenvalue weighted by Crippen LogP contribution is 2.06. The Hall–Kier alpha value is -0.900. The lowest BCUT2D eigenvalue weighted by molar-refractivity contribution is 0.214. The Labute approximate surface area is 98.0 Å². The molecule has 0 aliphatic heterocycles. The van der Waals surface area contributed by atoms with E-state index >= 15 is 0 Å². The molecule has 0 fully saturated rings. The lowest BCUT2D eigenvalue weighted by atomic mass is 10.2. The fourth-order valence-corrected chi connectivity index (χ4v) is 1.69. The number of aromatic nitrogens is 2. The second-order valence-corrected chi connectivity index (χ2v) is 4.58. The fraction of sp³-hybridized carbons (Fsp3) is 0.833. The zero-order valence-electron chi connectivity index (χ0n) is 10.9. The van der Waals surface area contributed by atoms with E-state index in [0.717, 1.165) is 44.2 Å². The van der Waals surface area contributed by atoms with E-state index in [2.05, 4.69) is 42.7 Å². The van der Waals surface area contributed by atoms with Gasteiger partial charge in [0.2, 0.25) is 5.89 Å². The van der Waals surface area contributed by atoms with Gasteiger partial charge in [0.1, 0.15) is 0 Å². The van der Waals surface area contributed by atoms with Crippen LogP contribution in [0.2, 0.25) is 0 Å². The van der Waals surface area contributed by atoms with E-state index in [0.29, 0.717) is 5.92 Å². The van der Waals surface area contributed by atoms with Crippen LogP contribution < -0.4 is 0 Å². The Bertz CT molecular complexity index is 296. The predicted octanol–water partition coefficient (Wildman–Crippen LogP) is 2.50. The van der Waals surface area contributed by atoms with Crippen LogP contribution >= 0.6 is 0 Å². The molecule has 4 heteroatoms. The molecule has 0 N–H and O–H groups in total. The Morgan fingerprint density at radius 2 is 2.06 bits per heavy atom. The Balaban J connectivity index is 2.49. The summed E-state index contributed by atoms with van der Waals surface area (Å²) < 4.78 is 5.23. The van der Waals surface area contributed by atoms with Gasteiger partial charge in [-0.25, -0.2) is 0 Å². The predicted molar refractivity (Wildman–Crippen MR) is 64.1 cm³/mol. The third kappa shape index (κ3) is 4.31. The smallest absolute Gasteiger partial charge is 0.240 e. The van der Waals surface area contributed by atoms with E-state index in [-0.39, 0.29) is 0 Å². The van der Waals surface area contributed by atoms with Crippen molar-refractivity contribution in [1.29, 1.82) is 0 Å². The minimum Gasteiger partial charge on any atom is -0.338 e. The van der Waals surface area contributed by atoms with Crippen LogP contribution in [-0.4, -0.2) is 28.1 Å². The monoisotopic (exact) mass is 225 g/mol. The highest BCUT2D eigenvalue weighted by atomic mass is 16.5. The van der Waals surface area contributed by atoms with E-state index in [1.54, 1.807) is 0 Å². The highest BCUT2D eigenvalue weighted by Gasteiger charge is 2.11. The van der Waals surface area contributed by atoms with Crippen LogP contribution in [0.15, 0.2) is 4.52 Å². The first-order valence-electron chi connectivity index (χ1n) is 6.19. The molecule has 1 aromatic rings. The van der Waals surface area contributed by atoms with Crippen LogP contribution in [0.4, 0.5) is 0 Å². The molecule has 1 aromatic heterocycles. The Morgan fingerprint density at radius 1 is 1.31 bits per heavy atom. The molecule has 0 unspecified atom stereocenters. The molecule has 1 heterocycles. The molecule has 16 heavy (non-hydrogen) atoms. The van der Waals surface area contributed by atoms with Crippen molar-refractivity contribution in [2.45, 2.75) is 47.1 Å². The summed E-state index contributed by atoms with van der Waals surface area (Å²) in [5.41, 5.74) is 0. The van der Waals surface area contributed by atoms with Crippen molar-refractivity contribution in [3.8, 4) is 0 Å². The number of aryl methyl sites for hydroxylation is 1. The molecule has 0 saturated heterocycles. The maximum absolute atomic E-state index is 5.23. The fourth-order valence-electron chi connectivity index (χ4n) is 1.69. The summed E-state index contributed by atoms with van der Waals surface area (Å²) >= 11 is 0.